The summed E-state index contributed by atoms with van der Waals surface area (Å²) in [5.74, 6) is -1.54. The number of para-hydroxylation sites is 2. The van der Waals surface area contributed by atoms with Crippen LogP contribution in [0.3, 0.4) is 0 Å². The summed E-state index contributed by atoms with van der Waals surface area (Å²) in [5.41, 5.74) is 2.40. The molecule has 146 valence electrons. The van der Waals surface area contributed by atoms with Gasteiger partial charge in [0.05, 0.1) is 11.4 Å². The van der Waals surface area contributed by atoms with E-state index in [0.717, 1.165) is 37.3 Å². The van der Waals surface area contributed by atoms with E-state index in [1.807, 2.05) is 24.3 Å². The Morgan fingerprint density at radius 1 is 0.893 bits per heavy atom. The maximum absolute atomic E-state index is 13.2. The Labute approximate surface area is 168 Å². The first-order valence-electron chi connectivity index (χ1n) is 9.43. The van der Waals surface area contributed by atoms with Gasteiger partial charge < -0.3 is 14.7 Å². The number of piperazine rings is 1. The van der Waals surface area contributed by atoms with Gasteiger partial charge >= 0.3 is 11.8 Å². The lowest BCUT2D eigenvalue weighted by Crippen LogP contribution is -2.54. The fourth-order valence-corrected chi connectivity index (χ4v) is 4.06. The Hall–Kier alpha value is -2.60. The Morgan fingerprint density at radius 2 is 1.61 bits per heavy atom. The first-order valence-corrected chi connectivity index (χ1v) is 9.81. The van der Waals surface area contributed by atoms with Gasteiger partial charge in [0.2, 0.25) is 0 Å². The van der Waals surface area contributed by atoms with Crippen LogP contribution < -0.4 is 9.80 Å². The molecule has 2 amide bonds. The Morgan fingerprint density at radius 3 is 2.32 bits per heavy atom. The summed E-state index contributed by atoms with van der Waals surface area (Å²) in [6.45, 7) is 2.91. The topological polar surface area (TPSA) is 43.9 Å². The zero-order valence-electron chi connectivity index (χ0n) is 15.4. The molecule has 2 aliphatic heterocycles. The van der Waals surface area contributed by atoms with Crippen LogP contribution in [-0.4, -0.2) is 42.9 Å². The van der Waals surface area contributed by atoms with Crippen LogP contribution in [-0.2, 0) is 16.1 Å². The van der Waals surface area contributed by atoms with Crippen molar-refractivity contribution >= 4 is 34.8 Å². The Kier molecular flexibility index (Phi) is 5.22. The molecule has 2 aromatic rings. The van der Waals surface area contributed by atoms with Crippen molar-refractivity contribution in [1.82, 2.24) is 4.90 Å². The molecule has 2 heterocycles. The van der Waals surface area contributed by atoms with Gasteiger partial charge in [-0.15, -0.1) is 0 Å². The molecule has 0 atom stereocenters. The van der Waals surface area contributed by atoms with Gasteiger partial charge in [-0.05, 0) is 42.7 Å². The molecule has 0 aromatic heterocycles. The highest BCUT2D eigenvalue weighted by molar-refractivity contribution is 6.41. The number of anilines is 2. The van der Waals surface area contributed by atoms with E-state index in [0.29, 0.717) is 18.7 Å². The van der Waals surface area contributed by atoms with E-state index in [-0.39, 0.29) is 11.6 Å². The van der Waals surface area contributed by atoms with E-state index in [2.05, 4.69) is 4.90 Å². The number of hydrogen-bond donors (Lipinski definition) is 0. The zero-order valence-corrected chi connectivity index (χ0v) is 16.2. The Balaban J connectivity index is 1.53. The lowest BCUT2D eigenvalue weighted by atomic mass is 10.1. The van der Waals surface area contributed by atoms with E-state index < -0.39 is 17.6 Å². The molecular weight excluding hydrogens is 381 g/mol. The molecule has 28 heavy (non-hydrogen) atoms. The fourth-order valence-electron chi connectivity index (χ4n) is 3.83. The maximum Gasteiger partial charge on any atom is 0.316 e. The van der Waals surface area contributed by atoms with E-state index in [1.165, 1.54) is 17.0 Å². The third kappa shape index (κ3) is 3.56. The summed E-state index contributed by atoms with van der Waals surface area (Å²) >= 11 is 6.07. The van der Waals surface area contributed by atoms with Crippen molar-refractivity contribution in [3.05, 3.63) is 58.9 Å². The van der Waals surface area contributed by atoms with Crippen molar-refractivity contribution in [2.75, 3.05) is 36.0 Å². The molecule has 0 unspecified atom stereocenters. The highest BCUT2D eigenvalue weighted by atomic mass is 35.5. The van der Waals surface area contributed by atoms with Gasteiger partial charge in [-0.2, -0.15) is 0 Å². The van der Waals surface area contributed by atoms with E-state index in [9.17, 15) is 14.0 Å². The fraction of sp³-hybridized carbons (Fsp3) is 0.333. The highest BCUT2D eigenvalue weighted by Gasteiger charge is 2.35. The third-order valence-corrected chi connectivity index (χ3v) is 5.66. The number of rotatable bonds is 4. The van der Waals surface area contributed by atoms with Crippen molar-refractivity contribution in [3.8, 4) is 0 Å². The Bertz CT molecular complexity index is 914. The molecule has 0 radical (unpaired) electrons. The second-order valence-electron chi connectivity index (χ2n) is 7.10. The second-order valence-corrected chi connectivity index (χ2v) is 7.51. The lowest BCUT2D eigenvalue weighted by Gasteiger charge is -2.36. The van der Waals surface area contributed by atoms with Crippen LogP contribution in [0.25, 0.3) is 0 Å². The van der Waals surface area contributed by atoms with E-state index in [1.54, 1.807) is 11.0 Å². The SMILES string of the molecule is O=C1C(=O)N(c2ccccc2N2CCCC2)CCN1Cc1ccc(F)cc1Cl. The number of halogens is 2. The highest BCUT2D eigenvalue weighted by Crippen LogP contribution is 2.33. The van der Waals surface area contributed by atoms with Gasteiger partial charge in [0.1, 0.15) is 5.82 Å². The molecule has 4 rings (SSSR count). The minimum Gasteiger partial charge on any atom is -0.370 e. The quantitative estimate of drug-likeness (QED) is 0.737. The number of amides is 2. The summed E-state index contributed by atoms with van der Waals surface area (Å²) in [6, 6.07) is 11.8. The lowest BCUT2D eigenvalue weighted by molar-refractivity contribution is -0.146. The summed E-state index contributed by atoms with van der Waals surface area (Å²) in [4.78, 5) is 30.9. The standard InChI is InChI=1S/C21H21ClFN3O2/c22-17-13-16(23)8-7-15(17)14-25-11-12-26(21(28)20(25)27)19-6-2-1-5-18(19)24-9-3-4-10-24/h1-2,5-8,13H,3-4,9-12,14H2. The molecule has 2 saturated heterocycles. The number of carbonyl (C=O) groups excluding carboxylic acids is 2. The molecule has 2 fully saturated rings. The smallest absolute Gasteiger partial charge is 0.316 e. The summed E-state index contributed by atoms with van der Waals surface area (Å²) in [5, 5.41) is 0.252. The van der Waals surface area contributed by atoms with Gasteiger partial charge in [-0.3, -0.25) is 9.59 Å². The van der Waals surface area contributed by atoms with Crippen LogP contribution in [0.4, 0.5) is 15.8 Å². The zero-order chi connectivity index (χ0) is 19.7. The first kappa shape index (κ1) is 18.7. The van der Waals surface area contributed by atoms with Crippen molar-refractivity contribution in [2.45, 2.75) is 19.4 Å². The maximum atomic E-state index is 13.2. The largest absolute Gasteiger partial charge is 0.370 e. The molecule has 2 aliphatic rings. The van der Waals surface area contributed by atoms with Crippen molar-refractivity contribution < 1.29 is 14.0 Å². The van der Waals surface area contributed by atoms with Gasteiger partial charge in [0.15, 0.2) is 0 Å². The van der Waals surface area contributed by atoms with Crippen LogP contribution in [0.5, 0.6) is 0 Å². The molecule has 2 aromatic carbocycles. The van der Waals surface area contributed by atoms with Gasteiger partial charge in [-0.1, -0.05) is 29.8 Å². The predicted octanol–water partition coefficient (Wildman–Crippen LogP) is 3.45. The van der Waals surface area contributed by atoms with Crippen molar-refractivity contribution in [1.29, 1.82) is 0 Å². The predicted molar refractivity (Wildman–Crippen MR) is 107 cm³/mol. The summed E-state index contributed by atoms with van der Waals surface area (Å²) in [7, 11) is 0. The average Bonchev–Trinajstić information content (AvgIpc) is 3.22. The first-order chi connectivity index (χ1) is 13.5. The van der Waals surface area contributed by atoms with Crippen molar-refractivity contribution in [3.63, 3.8) is 0 Å². The van der Waals surface area contributed by atoms with Crippen LogP contribution in [0.1, 0.15) is 18.4 Å². The normalized spacial score (nSPS) is 17.6. The van der Waals surface area contributed by atoms with Crippen LogP contribution in [0.15, 0.2) is 42.5 Å². The molecular formula is C21H21ClFN3O2. The minimum absolute atomic E-state index is 0.186. The molecule has 0 spiro atoms. The molecule has 5 nitrogen and oxygen atoms in total. The number of carbonyl (C=O) groups is 2. The minimum atomic E-state index is -0.567. The third-order valence-electron chi connectivity index (χ3n) is 5.30. The number of benzene rings is 2. The second kappa shape index (κ2) is 7.80. The van der Waals surface area contributed by atoms with Crippen LogP contribution in [0, 0.1) is 5.82 Å². The van der Waals surface area contributed by atoms with E-state index >= 15 is 0 Å². The summed E-state index contributed by atoms with van der Waals surface area (Å²) in [6.07, 6.45) is 2.26. The van der Waals surface area contributed by atoms with Gasteiger partial charge in [-0.25, -0.2) is 4.39 Å². The van der Waals surface area contributed by atoms with Crippen LogP contribution >= 0.6 is 11.6 Å². The molecule has 0 N–H and O–H groups in total. The molecule has 0 saturated carbocycles. The number of hydrogen-bond acceptors (Lipinski definition) is 3. The summed E-state index contributed by atoms with van der Waals surface area (Å²) < 4.78 is 13.2. The molecule has 0 aliphatic carbocycles. The van der Waals surface area contributed by atoms with Gasteiger partial charge in [0, 0.05) is 37.7 Å². The molecule has 7 heteroatoms. The van der Waals surface area contributed by atoms with E-state index in [4.69, 9.17) is 11.6 Å². The van der Waals surface area contributed by atoms with Crippen LogP contribution in [0.2, 0.25) is 5.02 Å². The number of nitrogens with zero attached hydrogens (tertiary/aromatic N) is 3. The monoisotopic (exact) mass is 401 g/mol. The van der Waals surface area contributed by atoms with Gasteiger partial charge in [0.25, 0.3) is 0 Å². The molecule has 0 bridgehead atoms. The average molecular weight is 402 g/mol. The van der Waals surface area contributed by atoms with Crippen molar-refractivity contribution in [2.24, 2.45) is 0 Å².